The zero-order chi connectivity index (χ0) is 13.7. The van der Waals surface area contributed by atoms with Crippen molar-refractivity contribution < 1.29 is 19.8 Å². The quantitative estimate of drug-likeness (QED) is 0.640. The fraction of sp³-hybridized carbons (Fsp3) is 0.0909. The van der Waals surface area contributed by atoms with Gasteiger partial charge in [0.2, 0.25) is 0 Å². The molecule has 0 fully saturated rings. The molecule has 7 heteroatoms. The highest BCUT2D eigenvalue weighted by Crippen LogP contribution is 2.21. The second kappa shape index (κ2) is 6.06. The van der Waals surface area contributed by atoms with Crippen LogP contribution in [0.3, 0.4) is 0 Å². The molecule has 0 atom stereocenters. The zero-order valence-electron chi connectivity index (χ0n) is 9.24. The van der Waals surface area contributed by atoms with Crippen LogP contribution in [0.25, 0.3) is 0 Å². The number of carbonyl (C=O) groups excluding carboxylic acids is 1. The first-order valence-electron chi connectivity index (χ1n) is 4.84. The molecule has 1 rings (SSSR count). The first-order valence-corrected chi connectivity index (χ1v) is 5.64. The normalized spacial score (nSPS) is 9.61. The van der Waals surface area contributed by atoms with Crippen LogP contribution in [0, 0.1) is 0 Å². The van der Waals surface area contributed by atoms with Crippen LogP contribution in [-0.4, -0.2) is 28.8 Å². The van der Waals surface area contributed by atoms with E-state index < -0.39 is 12.0 Å². The first kappa shape index (κ1) is 14.0. The van der Waals surface area contributed by atoms with Crippen LogP contribution in [-0.2, 0) is 0 Å². The number of aromatic carboxylic acids is 1. The van der Waals surface area contributed by atoms with Gasteiger partial charge in [-0.05, 0) is 18.2 Å². The number of phenols is 1. The van der Waals surface area contributed by atoms with E-state index in [0.717, 1.165) is 0 Å². The molecular formula is C11H11BrN2O4. The molecule has 0 aliphatic carbocycles. The van der Waals surface area contributed by atoms with Crippen molar-refractivity contribution in [2.24, 2.45) is 0 Å². The second-order valence-electron chi connectivity index (χ2n) is 3.36. The molecule has 0 heterocycles. The highest BCUT2D eigenvalue weighted by atomic mass is 79.9. The van der Waals surface area contributed by atoms with E-state index in [0.29, 0.717) is 4.48 Å². The van der Waals surface area contributed by atoms with Gasteiger partial charge in [-0.1, -0.05) is 22.5 Å². The highest BCUT2D eigenvalue weighted by molar-refractivity contribution is 9.11. The molecule has 1 aromatic carbocycles. The largest absolute Gasteiger partial charge is 0.507 e. The maximum Gasteiger partial charge on any atom is 0.339 e. The number of benzene rings is 1. The number of urea groups is 1. The Kier molecular flexibility index (Phi) is 4.73. The number of carboxylic acids is 1. The van der Waals surface area contributed by atoms with Crippen LogP contribution >= 0.6 is 15.9 Å². The van der Waals surface area contributed by atoms with E-state index >= 15 is 0 Å². The van der Waals surface area contributed by atoms with Crippen molar-refractivity contribution in [3.05, 3.63) is 34.8 Å². The maximum absolute atomic E-state index is 11.4. The van der Waals surface area contributed by atoms with E-state index in [1.165, 1.54) is 18.2 Å². The third kappa shape index (κ3) is 4.10. The number of carboxylic acid groups (broad SMARTS) is 1. The molecule has 6 nitrogen and oxygen atoms in total. The maximum atomic E-state index is 11.4. The number of hydrogen-bond acceptors (Lipinski definition) is 3. The van der Waals surface area contributed by atoms with Crippen molar-refractivity contribution in [2.45, 2.75) is 0 Å². The van der Waals surface area contributed by atoms with Gasteiger partial charge in [0.05, 0.1) is 6.54 Å². The van der Waals surface area contributed by atoms with Crippen molar-refractivity contribution in [1.82, 2.24) is 5.32 Å². The van der Waals surface area contributed by atoms with Gasteiger partial charge in [0, 0.05) is 10.2 Å². The van der Waals surface area contributed by atoms with Gasteiger partial charge in [0.25, 0.3) is 0 Å². The summed E-state index contributed by atoms with van der Waals surface area (Å²) in [5.41, 5.74) is -0.0133. The van der Waals surface area contributed by atoms with Crippen molar-refractivity contribution in [2.75, 3.05) is 11.9 Å². The summed E-state index contributed by atoms with van der Waals surface area (Å²) in [6.07, 6.45) is 0. The lowest BCUT2D eigenvalue weighted by Crippen LogP contribution is -2.29. The summed E-state index contributed by atoms with van der Waals surface area (Å²) < 4.78 is 0.606. The van der Waals surface area contributed by atoms with Gasteiger partial charge in [-0.25, -0.2) is 9.59 Å². The zero-order valence-corrected chi connectivity index (χ0v) is 10.8. The predicted molar refractivity (Wildman–Crippen MR) is 70.2 cm³/mol. The lowest BCUT2D eigenvalue weighted by Gasteiger charge is -2.08. The molecule has 96 valence electrons. The molecule has 0 unspecified atom stereocenters. The Labute approximate surface area is 111 Å². The van der Waals surface area contributed by atoms with Gasteiger partial charge in [-0.3, -0.25) is 0 Å². The Morgan fingerprint density at radius 2 is 2.06 bits per heavy atom. The van der Waals surface area contributed by atoms with Gasteiger partial charge in [0.1, 0.15) is 11.3 Å². The first-order chi connectivity index (χ1) is 8.40. The molecular weight excluding hydrogens is 304 g/mol. The number of rotatable bonds is 4. The van der Waals surface area contributed by atoms with Crippen LogP contribution in [0.15, 0.2) is 29.3 Å². The van der Waals surface area contributed by atoms with E-state index in [2.05, 4.69) is 33.1 Å². The minimum Gasteiger partial charge on any atom is -0.507 e. The molecule has 2 amide bonds. The number of halogens is 1. The molecule has 0 aliphatic heterocycles. The molecule has 4 N–H and O–H groups in total. The van der Waals surface area contributed by atoms with E-state index in [4.69, 9.17) is 5.11 Å². The third-order valence-electron chi connectivity index (χ3n) is 1.93. The second-order valence-corrected chi connectivity index (χ2v) is 4.48. The van der Waals surface area contributed by atoms with E-state index in [9.17, 15) is 14.7 Å². The van der Waals surface area contributed by atoms with Gasteiger partial charge < -0.3 is 20.8 Å². The monoisotopic (exact) mass is 314 g/mol. The summed E-state index contributed by atoms with van der Waals surface area (Å²) in [4.78, 5) is 22.2. The predicted octanol–water partition coefficient (Wildman–Crippen LogP) is 2.12. The average molecular weight is 315 g/mol. The summed E-state index contributed by atoms with van der Waals surface area (Å²) >= 11 is 3.08. The van der Waals surface area contributed by atoms with Crippen LogP contribution in [0.5, 0.6) is 5.75 Å². The summed E-state index contributed by atoms with van der Waals surface area (Å²) in [5.74, 6) is -1.63. The molecule has 0 aliphatic rings. The van der Waals surface area contributed by atoms with Crippen molar-refractivity contribution in [1.29, 1.82) is 0 Å². The Hall–Kier alpha value is -2.02. The number of carbonyl (C=O) groups is 2. The van der Waals surface area contributed by atoms with Gasteiger partial charge in [0.15, 0.2) is 0 Å². The van der Waals surface area contributed by atoms with Crippen LogP contribution < -0.4 is 10.6 Å². The molecule has 18 heavy (non-hydrogen) atoms. The molecule has 0 saturated heterocycles. The smallest absolute Gasteiger partial charge is 0.339 e. The summed E-state index contributed by atoms with van der Waals surface area (Å²) in [5, 5.41) is 23.0. The fourth-order valence-electron chi connectivity index (χ4n) is 1.14. The van der Waals surface area contributed by atoms with Gasteiger partial charge >= 0.3 is 12.0 Å². The summed E-state index contributed by atoms with van der Waals surface area (Å²) in [7, 11) is 0. The standard InChI is InChI=1S/C11H11BrN2O4/c1-6(12)5-13-11(18)14-7-2-3-9(15)8(4-7)10(16)17/h2-4,15H,1,5H2,(H,16,17)(H2,13,14,18). The number of aromatic hydroxyl groups is 1. The molecule has 0 saturated carbocycles. The number of nitrogens with one attached hydrogen (secondary N) is 2. The SMILES string of the molecule is C=C(Br)CNC(=O)Nc1ccc(O)c(C(=O)O)c1. The summed E-state index contributed by atoms with van der Waals surface area (Å²) in [6, 6.07) is 3.25. The third-order valence-corrected chi connectivity index (χ3v) is 2.21. The Balaban J connectivity index is 2.73. The lowest BCUT2D eigenvalue weighted by molar-refractivity contribution is 0.0693. The minimum atomic E-state index is -1.27. The fourth-order valence-corrected chi connectivity index (χ4v) is 1.28. The molecule has 0 spiro atoms. The van der Waals surface area contributed by atoms with Crippen molar-refractivity contribution in [3.63, 3.8) is 0 Å². The van der Waals surface area contributed by atoms with E-state index in [1.54, 1.807) is 0 Å². The van der Waals surface area contributed by atoms with E-state index in [-0.39, 0.29) is 23.5 Å². The topological polar surface area (TPSA) is 98.7 Å². The summed E-state index contributed by atoms with van der Waals surface area (Å²) in [6.45, 7) is 3.79. The van der Waals surface area contributed by atoms with Gasteiger partial charge in [-0.2, -0.15) is 0 Å². The molecule has 0 bridgehead atoms. The molecule has 1 aromatic rings. The lowest BCUT2D eigenvalue weighted by atomic mass is 10.2. The van der Waals surface area contributed by atoms with Crippen molar-refractivity contribution in [3.8, 4) is 5.75 Å². The minimum absolute atomic E-state index is 0.246. The molecule has 0 radical (unpaired) electrons. The number of amides is 2. The Bertz CT molecular complexity index is 502. The average Bonchev–Trinajstić information content (AvgIpc) is 2.28. The Morgan fingerprint density at radius 3 is 2.61 bits per heavy atom. The molecule has 0 aromatic heterocycles. The number of anilines is 1. The van der Waals surface area contributed by atoms with Crippen LogP contribution in [0.2, 0.25) is 0 Å². The van der Waals surface area contributed by atoms with Crippen LogP contribution in [0.1, 0.15) is 10.4 Å². The number of hydrogen-bond donors (Lipinski definition) is 4. The van der Waals surface area contributed by atoms with E-state index in [1.807, 2.05) is 0 Å². The highest BCUT2D eigenvalue weighted by Gasteiger charge is 2.11. The Morgan fingerprint density at radius 1 is 1.39 bits per heavy atom. The van der Waals surface area contributed by atoms with Crippen LogP contribution in [0.4, 0.5) is 10.5 Å². The van der Waals surface area contributed by atoms with Gasteiger partial charge in [-0.15, -0.1) is 0 Å². The van der Waals surface area contributed by atoms with Crippen molar-refractivity contribution >= 4 is 33.6 Å².